The molecule has 0 aliphatic rings. The number of aromatic nitrogens is 2. The van der Waals surface area contributed by atoms with Gasteiger partial charge in [-0.3, -0.25) is 9.89 Å². The van der Waals surface area contributed by atoms with E-state index in [1.807, 2.05) is 43.3 Å². The lowest BCUT2D eigenvalue weighted by Crippen LogP contribution is -2.27. The van der Waals surface area contributed by atoms with Crippen LogP contribution in [-0.2, 0) is 4.79 Å². The first kappa shape index (κ1) is 18.1. The fraction of sp³-hybridized carbons (Fsp3) is 0.0952. The quantitative estimate of drug-likeness (QED) is 0.533. The van der Waals surface area contributed by atoms with E-state index in [0.717, 1.165) is 5.56 Å². The number of benzene rings is 2. The predicted molar refractivity (Wildman–Crippen MR) is 101 cm³/mol. The van der Waals surface area contributed by atoms with Gasteiger partial charge in [0.15, 0.2) is 0 Å². The van der Waals surface area contributed by atoms with Crippen LogP contribution in [0.5, 0.6) is 0 Å². The van der Waals surface area contributed by atoms with E-state index in [-0.39, 0.29) is 17.4 Å². The summed E-state index contributed by atoms with van der Waals surface area (Å²) < 4.78 is 13.1. The van der Waals surface area contributed by atoms with Crippen molar-refractivity contribution in [3.8, 4) is 17.3 Å². The molecule has 0 spiro atoms. The molecule has 27 heavy (non-hydrogen) atoms. The van der Waals surface area contributed by atoms with E-state index in [9.17, 15) is 14.4 Å². The molecule has 1 unspecified atom stereocenters. The number of nitriles is 1. The molecule has 3 rings (SSSR count). The fourth-order valence-electron chi connectivity index (χ4n) is 2.66. The van der Waals surface area contributed by atoms with Gasteiger partial charge in [0.05, 0.1) is 17.9 Å². The number of H-pyrrole nitrogens is 1. The predicted octanol–water partition coefficient (Wildman–Crippen LogP) is 4.00. The van der Waals surface area contributed by atoms with E-state index >= 15 is 0 Å². The maximum absolute atomic E-state index is 13.1. The van der Waals surface area contributed by atoms with Crippen molar-refractivity contribution in [1.82, 2.24) is 15.5 Å². The zero-order valence-electron chi connectivity index (χ0n) is 14.6. The van der Waals surface area contributed by atoms with Gasteiger partial charge in [-0.1, -0.05) is 30.3 Å². The third-order valence-corrected chi connectivity index (χ3v) is 4.11. The average Bonchev–Trinajstić information content (AvgIpc) is 3.15. The Hall–Kier alpha value is -3.72. The Morgan fingerprint density at radius 3 is 2.59 bits per heavy atom. The van der Waals surface area contributed by atoms with Crippen LogP contribution in [0.3, 0.4) is 0 Å². The molecule has 0 saturated carbocycles. The highest BCUT2D eigenvalue weighted by Gasteiger charge is 2.15. The van der Waals surface area contributed by atoms with Crippen molar-refractivity contribution >= 4 is 12.0 Å². The third-order valence-electron chi connectivity index (χ3n) is 4.11. The summed E-state index contributed by atoms with van der Waals surface area (Å²) in [6.07, 6.45) is 2.99. The molecule has 1 heterocycles. The number of hydrogen-bond donors (Lipinski definition) is 2. The number of nitrogens with one attached hydrogen (secondary N) is 2. The van der Waals surface area contributed by atoms with E-state index in [1.165, 1.54) is 24.4 Å². The summed E-state index contributed by atoms with van der Waals surface area (Å²) in [6, 6.07) is 17.1. The van der Waals surface area contributed by atoms with Gasteiger partial charge in [0.25, 0.3) is 5.91 Å². The van der Waals surface area contributed by atoms with E-state index in [4.69, 9.17) is 0 Å². The largest absolute Gasteiger partial charge is 0.345 e. The lowest BCUT2D eigenvalue weighted by atomic mass is 10.0. The first-order valence-corrected chi connectivity index (χ1v) is 8.35. The highest BCUT2D eigenvalue weighted by molar-refractivity contribution is 6.02. The molecule has 0 aliphatic carbocycles. The molecule has 0 radical (unpaired) electrons. The second-order valence-electron chi connectivity index (χ2n) is 5.98. The van der Waals surface area contributed by atoms with E-state index in [0.29, 0.717) is 16.8 Å². The Balaban J connectivity index is 1.83. The van der Waals surface area contributed by atoms with Crippen LogP contribution in [0.2, 0.25) is 0 Å². The van der Waals surface area contributed by atoms with Crippen LogP contribution >= 0.6 is 0 Å². The maximum atomic E-state index is 13.1. The van der Waals surface area contributed by atoms with Crippen molar-refractivity contribution in [1.29, 1.82) is 5.26 Å². The Kier molecular flexibility index (Phi) is 5.43. The number of hydrogen-bond acceptors (Lipinski definition) is 3. The molecule has 0 saturated heterocycles. The standard InChI is InChI=1S/C21H17FN4O/c1-14(15-5-3-2-4-6-15)25-21(27)17(12-23)11-18-13-24-26-20(18)16-7-9-19(22)10-8-16/h2-11,13-14H,1H3,(H,24,26)(H,25,27). The van der Waals surface area contributed by atoms with Gasteiger partial charge < -0.3 is 5.32 Å². The highest BCUT2D eigenvalue weighted by Crippen LogP contribution is 2.23. The lowest BCUT2D eigenvalue weighted by Gasteiger charge is -2.13. The molecule has 0 aliphatic heterocycles. The number of halogens is 1. The SMILES string of the molecule is CC(NC(=O)C(C#N)=Cc1cn[nH]c1-c1ccc(F)cc1)c1ccccc1. The van der Waals surface area contributed by atoms with E-state index in [1.54, 1.807) is 12.1 Å². The average molecular weight is 360 g/mol. The van der Waals surface area contributed by atoms with Crippen molar-refractivity contribution in [2.75, 3.05) is 0 Å². The monoisotopic (exact) mass is 360 g/mol. The zero-order valence-corrected chi connectivity index (χ0v) is 14.6. The summed E-state index contributed by atoms with van der Waals surface area (Å²) in [5, 5.41) is 19.0. The topological polar surface area (TPSA) is 81.6 Å². The third kappa shape index (κ3) is 4.28. The van der Waals surface area contributed by atoms with Crippen molar-refractivity contribution < 1.29 is 9.18 Å². The zero-order chi connectivity index (χ0) is 19.2. The van der Waals surface area contributed by atoms with Crippen LogP contribution in [0, 0.1) is 17.1 Å². The van der Waals surface area contributed by atoms with Crippen LogP contribution < -0.4 is 5.32 Å². The summed E-state index contributed by atoms with van der Waals surface area (Å²) in [5.41, 5.74) is 2.78. The maximum Gasteiger partial charge on any atom is 0.262 e. The van der Waals surface area contributed by atoms with Crippen molar-refractivity contribution in [2.24, 2.45) is 0 Å². The van der Waals surface area contributed by atoms with Crippen LogP contribution in [-0.4, -0.2) is 16.1 Å². The van der Waals surface area contributed by atoms with Crippen LogP contribution in [0.1, 0.15) is 24.1 Å². The van der Waals surface area contributed by atoms with Gasteiger partial charge in [0, 0.05) is 11.1 Å². The summed E-state index contributed by atoms with van der Waals surface area (Å²) in [4.78, 5) is 12.5. The molecule has 6 heteroatoms. The summed E-state index contributed by atoms with van der Waals surface area (Å²) in [6.45, 7) is 1.85. The Bertz CT molecular complexity index is 1000. The molecule has 134 valence electrons. The second-order valence-corrected chi connectivity index (χ2v) is 5.98. The number of carbonyl (C=O) groups excluding carboxylic acids is 1. The smallest absolute Gasteiger partial charge is 0.262 e. The van der Waals surface area contributed by atoms with Gasteiger partial charge in [-0.15, -0.1) is 0 Å². The van der Waals surface area contributed by atoms with Crippen LogP contribution in [0.4, 0.5) is 4.39 Å². The summed E-state index contributed by atoms with van der Waals surface area (Å²) in [7, 11) is 0. The number of aromatic amines is 1. The molecule has 5 nitrogen and oxygen atoms in total. The second kappa shape index (κ2) is 8.11. The molecule has 2 N–H and O–H groups in total. The number of rotatable bonds is 5. The molecular weight excluding hydrogens is 343 g/mol. The molecule has 1 amide bonds. The molecule has 0 bridgehead atoms. The normalized spacial score (nSPS) is 12.3. The van der Waals surface area contributed by atoms with Crippen molar-refractivity contribution in [3.63, 3.8) is 0 Å². The first-order chi connectivity index (χ1) is 13.1. The summed E-state index contributed by atoms with van der Waals surface area (Å²) >= 11 is 0. The van der Waals surface area contributed by atoms with Gasteiger partial charge in [-0.05, 0) is 42.8 Å². The first-order valence-electron chi connectivity index (χ1n) is 8.35. The minimum absolute atomic E-state index is 0.0393. The van der Waals surface area contributed by atoms with Crippen molar-refractivity contribution in [3.05, 3.63) is 83.3 Å². The Morgan fingerprint density at radius 1 is 1.22 bits per heavy atom. The molecular formula is C21H17FN4O. The van der Waals surface area contributed by atoms with Gasteiger partial charge in [0.2, 0.25) is 0 Å². The van der Waals surface area contributed by atoms with E-state index < -0.39 is 5.91 Å². The van der Waals surface area contributed by atoms with Gasteiger partial charge in [-0.25, -0.2) is 4.39 Å². The van der Waals surface area contributed by atoms with Crippen LogP contribution in [0.15, 0.2) is 66.4 Å². The molecule has 1 atom stereocenters. The molecule has 0 fully saturated rings. The van der Waals surface area contributed by atoms with E-state index in [2.05, 4.69) is 15.5 Å². The highest BCUT2D eigenvalue weighted by atomic mass is 19.1. The van der Waals surface area contributed by atoms with Gasteiger partial charge in [-0.2, -0.15) is 10.4 Å². The molecule has 2 aromatic carbocycles. The Morgan fingerprint density at radius 2 is 1.93 bits per heavy atom. The van der Waals surface area contributed by atoms with Gasteiger partial charge >= 0.3 is 0 Å². The molecule has 1 aromatic heterocycles. The fourth-order valence-corrected chi connectivity index (χ4v) is 2.66. The summed E-state index contributed by atoms with van der Waals surface area (Å²) in [5.74, 6) is -0.817. The van der Waals surface area contributed by atoms with Gasteiger partial charge in [0.1, 0.15) is 17.5 Å². The number of nitrogens with zero attached hydrogens (tertiary/aromatic N) is 2. The van der Waals surface area contributed by atoms with Crippen LogP contribution in [0.25, 0.3) is 17.3 Å². The van der Waals surface area contributed by atoms with Crippen molar-refractivity contribution in [2.45, 2.75) is 13.0 Å². The number of amides is 1. The number of carbonyl (C=O) groups is 1. The minimum Gasteiger partial charge on any atom is -0.345 e. The lowest BCUT2D eigenvalue weighted by molar-refractivity contribution is -0.117. The Labute approximate surface area is 156 Å². The minimum atomic E-state index is -0.472. The molecule has 3 aromatic rings.